The predicted octanol–water partition coefficient (Wildman–Crippen LogP) is 4.11. The third-order valence-electron chi connectivity index (χ3n) is 6.10. The number of carbonyl (C=O) groups is 1. The lowest BCUT2D eigenvalue weighted by Gasteiger charge is -2.33. The molecule has 1 saturated heterocycles. The molecule has 0 bridgehead atoms. The van der Waals surface area contributed by atoms with E-state index in [4.69, 9.17) is 9.47 Å². The standard InChI is InChI=1S/C24H30N2O3/c1-28-22-10-4-2-8-20(22)17-25-15-12-19(13-16-25)7-6-14-26-21-9-3-5-11-23(21)29-18-24(26)27/h2-5,8-11,19H,6-7,12-18H2,1H3. The van der Waals surface area contributed by atoms with Crippen LogP contribution in [0.2, 0.25) is 0 Å². The van der Waals surface area contributed by atoms with Gasteiger partial charge in [0, 0.05) is 18.7 Å². The van der Waals surface area contributed by atoms with Crippen LogP contribution in [0.5, 0.6) is 11.5 Å². The maximum Gasteiger partial charge on any atom is 0.265 e. The second kappa shape index (κ2) is 9.31. The summed E-state index contributed by atoms with van der Waals surface area (Å²) in [4.78, 5) is 16.7. The number of methoxy groups -OCH3 is 1. The summed E-state index contributed by atoms with van der Waals surface area (Å²) in [5.74, 6) is 2.60. The zero-order chi connectivity index (χ0) is 20.1. The first-order valence-electron chi connectivity index (χ1n) is 10.6. The van der Waals surface area contributed by atoms with Gasteiger partial charge < -0.3 is 14.4 Å². The number of benzene rings is 2. The molecule has 0 aromatic heterocycles. The zero-order valence-electron chi connectivity index (χ0n) is 17.2. The Morgan fingerprint density at radius 1 is 1.07 bits per heavy atom. The van der Waals surface area contributed by atoms with Gasteiger partial charge in [0.15, 0.2) is 6.61 Å². The van der Waals surface area contributed by atoms with Crippen molar-refractivity contribution >= 4 is 11.6 Å². The van der Waals surface area contributed by atoms with Crippen molar-refractivity contribution in [2.24, 2.45) is 5.92 Å². The molecule has 2 heterocycles. The highest BCUT2D eigenvalue weighted by molar-refractivity contribution is 5.97. The maximum atomic E-state index is 12.3. The molecule has 1 fully saturated rings. The summed E-state index contributed by atoms with van der Waals surface area (Å²) in [5.41, 5.74) is 2.17. The number of para-hydroxylation sites is 3. The van der Waals surface area contributed by atoms with Gasteiger partial charge in [-0.3, -0.25) is 9.69 Å². The summed E-state index contributed by atoms with van der Waals surface area (Å²) in [6.07, 6.45) is 4.66. The summed E-state index contributed by atoms with van der Waals surface area (Å²) < 4.78 is 11.0. The van der Waals surface area contributed by atoms with Crippen LogP contribution in [-0.4, -0.2) is 44.2 Å². The number of amides is 1. The minimum atomic E-state index is 0.0651. The van der Waals surface area contributed by atoms with E-state index >= 15 is 0 Å². The van der Waals surface area contributed by atoms with E-state index < -0.39 is 0 Å². The molecular weight excluding hydrogens is 364 g/mol. The maximum absolute atomic E-state index is 12.3. The average Bonchev–Trinajstić information content (AvgIpc) is 2.77. The van der Waals surface area contributed by atoms with Crippen LogP contribution in [0.15, 0.2) is 48.5 Å². The Labute approximate surface area is 173 Å². The molecule has 0 N–H and O–H groups in total. The highest BCUT2D eigenvalue weighted by Crippen LogP contribution is 2.32. The molecule has 0 spiro atoms. The topological polar surface area (TPSA) is 42.0 Å². The van der Waals surface area contributed by atoms with Gasteiger partial charge in [0.25, 0.3) is 5.91 Å². The first kappa shape index (κ1) is 19.8. The number of hydrogen-bond donors (Lipinski definition) is 0. The Morgan fingerprint density at radius 2 is 1.83 bits per heavy atom. The van der Waals surface area contributed by atoms with E-state index in [1.807, 2.05) is 41.3 Å². The van der Waals surface area contributed by atoms with Crippen LogP contribution >= 0.6 is 0 Å². The van der Waals surface area contributed by atoms with E-state index in [2.05, 4.69) is 17.0 Å². The van der Waals surface area contributed by atoms with Gasteiger partial charge in [-0.15, -0.1) is 0 Å². The van der Waals surface area contributed by atoms with Gasteiger partial charge in [-0.1, -0.05) is 30.3 Å². The highest BCUT2D eigenvalue weighted by Gasteiger charge is 2.25. The molecule has 2 aliphatic heterocycles. The third kappa shape index (κ3) is 4.73. The molecule has 2 aromatic rings. The number of nitrogens with zero attached hydrogens (tertiary/aromatic N) is 2. The van der Waals surface area contributed by atoms with Gasteiger partial charge in [0.05, 0.1) is 12.8 Å². The number of ether oxygens (including phenoxy) is 2. The summed E-state index contributed by atoms with van der Waals surface area (Å²) in [5, 5.41) is 0. The van der Waals surface area contributed by atoms with E-state index in [0.29, 0.717) is 0 Å². The van der Waals surface area contributed by atoms with Crippen molar-refractivity contribution in [3.05, 3.63) is 54.1 Å². The first-order chi connectivity index (χ1) is 14.2. The van der Waals surface area contributed by atoms with Gasteiger partial charge in [-0.2, -0.15) is 0 Å². The second-order valence-electron chi connectivity index (χ2n) is 7.98. The average molecular weight is 395 g/mol. The number of rotatable bonds is 7. The lowest BCUT2D eigenvalue weighted by atomic mass is 9.91. The minimum absolute atomic E-state index is 0.0651. The van der Waals surface area contributed by atoms with E-state index in [0.717, 1.165) is 55.7 Å². The molecule has 154 valence electrons. The first-order valence-corrected chi connectivity index (χ1v) is 10.6. The van der Waals surface area contributed by atoms with Crippen LogP contribution in [0.25, 0.3) is 0 Å². The molecule has 29 heavy (non-hydrogen) atoms. The Hall–Kier alpha value is -2.53. The fraction of sp³-hybridized carbons (Fsp3) is 0.458. The number of anilines is 1. The van der Waals surface area contributed by atoms with E-state index in [1.54, 1.807) is 7.11 Å². The van der Waals surface area contributed by atoms with Crippen molar-refractivity contribution in [2.45, 2.75) is 32.2 Å². The Morgan fingerprint density at radius 3 is 2.66 bits per heavy atom. The van der Waals surface area contributed by atoms with Crippen molar-refractivity contribution in [3.8, 4) is 11.5 Å². The largest absolute Gasteiger partial charge is 0.496 e. The summed E-state index contributed by atoms with van der Waals surface area (Å²) >= 11 is 0. The Kier molecular flexibility index (Phi) is 6.35. The number of fused-ring (bicyclic) bond motifs is 1. The molecule has 0 saturated carbocycles. The van der Waals surface area contributed by atoms with Crippen molar-refractivity contribution in [3.63, 3.8) is 0 Å². The lowest BCUT2D eigenvalue weighted by molar-refractivity contribution is -0.121. The fourth-order valence-electron chi connectivity index (χ4n) is 4.44. The summed E-state index contributed by atoms with van der Waals surface area (Å²) in [6, 6.07) is 16.1. The normalized spacial score (nSPS) is 17.7. The molecule has 0 unspecified atom stereocenters. The molecule has 0 radical (unpaired) electrons. The smallest absolute Gasteiger partial charge is 0.265 e. The predicted molar refractivity (Wildman–Crippen MR) is 115 cm³/mol. The number of hydrogen-bond acceptors (Lipinski definition) is 4. The Balaban J connectivity index is 1.23. The number of likely N-dealkylation sites (tertiary alicyclic amines) is 1. The van der Waals surface area contributed by atoms with E-state index in [9.17, 15) is 4.79 Å². The van der Waals surface area contributed by atoms with Crippen LogP contribution in [-0.2, 0) is 11.3 Å². The SMILES string of the molecule is COc1ccccc1CN1CCC(CCCN2C(=O)COc3ccccc32)CC1. The molecule has 5 nitrogen and oxygen atoms in total. The quantitative estimate of drug-likeness (QED) is 0.709. The molecule has 2 aromatic carbocycles. The molecule has 5 heteroatoms. The van der Waals surface area contributed by atoms with Crippen molar-refractivity contribution < 1.29 is 14.3 Å². The van der Waals surface area contributed by atoms with Gasteiger partial charge in [0.2, 0.25) is 0 Å². The summed E-state index contributed by atoms with van der Waals surface area (Å²) in [6.45, 7) is 4.14. The van der Waals surface area contributed by atoms with Gasteiger partial charge in [-0.05, 0) is 62.9 Å². The van der Waals surface area contributed by atoms with Crippen molar-refractivity contribution in [1.82, 2.24) is 4.90 Å². The third-order valence-corrected chi connectivity index (χ3v) is 6.10. The second-order valence-corrected chi connectivity index (χ2v) is 7.98. The van der Waals surface area contributed by atoms with Crippen molar-refractivity contribution in [2.75, 3.05) is 38.3 Å². The molecule has 2 aliphatic rings. The number of carbonyl (C=O) groups excluding carboxylic acids is 1. The van der Waals surface area contributed by atoms with Crippen molar-refractivity contribution in [1.29, 1.82) is 0 Å². The summed E-state index contributed by atoms with van der Waals surface area (Å²) in [7, 11) is 1.74. The Bertz CT molecular complexity index is 830. The molecule has 0 aliphatic carbocycles. The highest BCUT2D eigenvalue weighted by atomic mass is 16.5. The molecule has 0 atom stereocenters. The zero-order valence-corrected chi connectivity index (χ0v) is 17.2. The van der Waals surface area contributed by atoms with Crippen LogP contribution in [0, 0.1) is 5.92 Å². The fourth-order valence-corrected chi connectivity index (χ4v) is 4.44. The van der Waals surface area contributed by atoms with Crippen LogP contribution in [0.4, 0.5) is 5.69 Å². The molecular formula is C24H30N2O3. The number of piperidine rings is 1. The van der Waals surface area contributed by atoms with Crippen LogP contribution < -0.4 is 14.4 Å². The minimum Gasteiger partial charge on any atom is -0.496 e. The molecule has 1 amide bonds. The monoisotopic (exact) mass is 394 g/mol. The molecule has 4 rings (SSSR count). The van der Waals surface area contributed by atoms with E-state index in [-0.39, 0.29) is 12.5 Å². The van der Waals surface area contributed by atoms with Crippen LogP contribution in [0.3, 0.4) is 0 Å². The van der Waals surface area contributed by atoms with E-state index in [1.165, 1.54) is 24.8 Å². The lowest BCUT2D eigenvalue weighted by Crippen LogP contribution is -2.39. The van der Waals surface area contributed by atoms with Crippen LogP contribution in [0.1, 0.15) is 31.2 Å². The van der Waals surface area contributed by atoms with Gasteiger partial charge in [-0.25, -0.2) is 0 Å². The van der Waals surface area contributed by atoms with Gasteiger partial charge in [0.1, 0.15) is 11.5 Å². The van der Waals surface area contributed by atoms with Gasteiger partial charge >= 0.3 is 0 Å².